The molecule has 2 aliphatic rings. The highest BCUT2D eigenvalue weighted by atomic mass is 32.7. The first-order valence-electron chi connectivity index (χ1n) is 12.4. The topological polar surface area (TPSA) is 244 Å². The molecule has 0 aromatic carbocycles. The maximum Gasteiger partial charge on any atom is 0.280 e. The van der Waals surface area contributed by atoms with Gasteiger partial charge >= 0.3 is 0 Å². The summed E-state index contributed by atoms with van der Waals surface area (Å²) in [4.78, 5) is 34.8. The Bertz CT molecular complexity index is 1700. The maximum atomic E-state index is 15.5. The molecule has 6 rings (SSSR count). The van der Waals surface area contributed by atoms with E-state index in [-0.39, 0.29) is 42.4 Å². The van der Waals surface area contributed by atoms with Gasteiger partial charge in [-0.05, 0) is 0 Å². The van der Waals surface area contributed by atoms with Crippen LogP contribution in [0.2, 0.25) is 0 Å². The molecule has 0 amide bonds. The van der Waals surface area contributed by atoms with Crippen LogP contribution >= 0.6 is 18.8 Å². The van der Waals surface area contributed by atoms with Gasteiger partial charge in [-0.15, -0.1) is 0 Å². The fourth-order valence-corrected chi connectivity index (χ4v) is 7.77. The monoisotopic (exact) mass is 612 g/mol. The first-order chi connectivity index (χ1) is 19.6. The van der Waals surface area contributed by atoms with E-state index in [0.717, 1.165) is 0 Å². The van der Waals surface area contributed by atoms with E-state index in [1.807, 2.05) is 0 Å². The average molecular weight is 613 g/mol. The lowest BCUT2D eigenvalue weighted by Crippen LogP contribution is -2.30. The molecule has 7 N–H and O–H groups in total. The third-order valence-corrected chi connectivity index (χ3v) is 10.1. The van der Waals surface area contributed by atoms with Crippen LogP contribution in [0.1, 0.15) is 25.3 Å². The summed E-state index contributed by atoms with van der Waals surface area (Å²) in [6, 6.07) is 0. The summed E-state index contributed by atoms with van der Waals surface area (Å²) >= 11 is 4.20. The first-order valence-corrected chi connectivity index (χ1v) is 15.3. The third kappa shape index (κ3) is 4.86. The second kappa shape index (κ2) is 10.6. The zero-order valence-corrected chi connectivity index (χ0v) is 22.9. The number of ether oxygens (including phenoxy) is 2. The summed E-state index contributed by atoms with van der Waals surface area (Å²) in [7, 11) is 0. The van der Waals surface area contributed by atoms with Crippen LogP contribution in [-0.4, -0.2) is 92.6 Å². The number of nitrogen functional groups attached to an aromatic ring is 2. The number of fused-ring (bicyclic) bond motifs is 2. The zero-order chi connectivity index (χ0) is 29.1. The minimum atomic E-state index is -4.12. The van der Waals surface area contributed by atoms with Crippen molar-refractivity contribution in [2.75, 3.05) is 24.7 Å². The molecule has 0 radical (unpaired) electrons. The zero-order valence-electron chi connectivity index (χ0n) is 21.1. The Labute approximate surface area is 234 Å². The Hall–Kier alpha value is -3.19. The number of aliphatic hydroxyl groups excluding tert-OH is 2. The summed E-state index contributed by atoms with van der Waals surface area (Å²) in [6.45, 7) is -5.05. The number of anilines is 2. The van der Waals surface area contributed by atoms with Crippen LogP contribution in [0.4, 0.5) is 16.2 Å². The van der Waals surface area contributed by atoms with Crippen LogP contribution < -0.4 is 17.0 Å². The summed E-state index contributed by atoms with van der Waals surface area (Å²) in [5, 5.41) is 20.3. The SMILES string of the molecule is Nc1nc2c(ncn2[C@@H]2O[C@H](CO)[C@@H](F)[C@H]2[P@](=O)(S)OCC[C@H]2O[C@@H](n3cnc4c(N)ncnc43)C[C@@H]2O)c(=O)[nH]1. The molecule has 0 bridgehead atoms. The van der Waals surface area contributed by atoms with Gasteiger partial charge in [0, 0.05) is 12.8 Å². The Kier molecular flexibility index (Phi) is 7.21. The van der Waals surface area contributed by atoms with Gasteiger partial charge in [-0.2, -0.15) is 4.98 Å². The van der Waals surface area contributed by atoms with Crippen LogP contribution in [0, 0.1) is 0 Å². The molecule has 4 aromatic rings. The van der Waals surface area contributed by atoms with Gasteiger partial charge < -0.3 is 35.7 Å². The number of nitrogens with two attached hydrogens (primary N) is 2. The molecule has 4 aromatic heterocycles. The number of H-pyrrole nitrogens is 1. The molecule has 0 aliphatic carbocycles. The minimum absolute atomic E-state index is 0.0343. The molecular formula is C21H26FN10O7PS. The van der Waals surface area contributed by atoms with Crippen molar-refractivity contribution in [1.82, 2.24) is 39.0 Å². The lowest BCUT2D eigenvalue weighted by Gasteiger charge is -2.26. The molecule has 0 spiro atoms. The number of aromatic amines is 1. The van der Waals surface area contributed by atoms with Crippen molar-refractivity contribution in [3.05, 3.63) is 29.3 Å². The van der Waals surface area contributed by atoms with Crippen LogP contribution in [-0.2, 0) is 18.6 Å². The number of alkyl halides is 1. The molecule has 20 heteroatoms. The number of halogens is 1. The van der Waals surface area contributed by atoms with Gasteiger partial charge in [0.15, 0.2) is 28.9 Å². The fourth-order valence-electron chi connectivity index (χ4n) is 5.17. The molecule has 0 unspecified atom stereocenters. The Morgan fingerprint density at radius 2 is 1.90 bits per heavy atom. The van der Waals surface area contributed by atoms with Crippen molar-refractivity contribution in [3.63, 3.8) is 0 Å². The Morgan fingerprint density at radius 1 is 1.15 bits per heavy atom. The Morgan fingerprint density at radius 3 is 2.68 bits per heavy atom. The van der Waals surface area contributed by atoms with Crippen molar-refractivity contribution in [1.29, 1.82) is 0 Å². The largest absolute Gasteiger partial charge is 0.394 e. The van der Waals surface area contributed by atoms with E-state index in [1.165, 1.54) is 23.5 Å². The van der Waals surface area contributed by atoms with Crippen LogP contribution in [0.15, 0.2) is 23.8 Å². The number of imidazole rings is 2. The number of nitrogens with one attached hydrogen (secondary N) is 1. The van der Waals surface area contributed by atoms with Gasteiger partial charge in [-0.3, -0.25) is 23.5 Å². The molecular weight excluding hydrogens is 586 g/mol. The summed E-state index contributed by atoms with van der Waals surface area (Å²) in [6.07, 6.45) is -2.61. The lowest BCUT2D eigenvalue weighted by atomic mass is 10.1. The number of thiol groups is 1. The van der Waals surface area contributed by atoms with E-state index < -0.39 is 61.3 Å². The molecule has 2 fully saturated rings. The van der Waals surface area contributed by atoms with Crippen LogP contribution in [0.25, 0.3) is 22.3 Å². The van der Waals surface area contributed by atoms with Crippen molar-refractivity contribution in [3.8, 4) is 0 Å². The molecule has 2 aliphatic heterocycles. The second-order valence-electron chi connectivity index (χ2n) is 9.66. The third-order valence-electron chi connectivity index (χ3n) is 7.15. The van der Waals surface area contributed by atoms with E-state index in [9.17, 15) is 19.6 Å². The molecule has 6 heterocycles. The lowest BCUT2D eigenvalue weighted by molar-refractivity contribution is -0.0325. The molecule has 0 saturated carbocycles. The molecule has 220 valence electrons. The summed E-state index contributed by atoms with van der Waals surface area (Å²) in [5.41, 5.74) is 10.1. The second-order valence-corrected chi connectivity index (χ2v) is 13.3. The molecule has 41 heavy (non-hydrogen) atoms. The van der Waals surface area contributed by atoms with Gasteiger partial charge in [0.1, 0.15) is 36.0 Å². The smallest absolute Gasteiger partial charge is 0.280 e. The first kappa shape index (κ1) is 28.0. The fraction of sp³-hybridized carbons (Fsp3) is 0.524. The van der Waals surface area contributed by atoms with Gasteiger partial charge in [0.25, 0.3) is 12.1 Å². The van der Waals surface area contributed by atoms with E-state index in [0.29, 0.717) is 11.2 Å². The maximum absolute atomic E-state index is 15.5. The number of aliphatic hydroxyl groups is 2. The van der Waals surface area contributed by atoms with Crippen molar-refractivity contribution in [2.24, 2.45) is 0 Å². The minimum Gasteiger partial charge on any atom is -0.394 e. The summed E-state index contributed by atoms with van der Waals surface area (Å²) < 4.78 is 49.3. The Balaban J connectivity index is 1.17. The highest BCUT2D eigenvalue weighted by Gasteiger charge is 2.55. The van der Waals surface area contributed by atoms with Crippen LogP contribution in [0.3, 0.4) is 0 Å². The number of nitrogens with zero attached hydrogens (tertiary/aromatic N) is 7. The van der Waals surface area contributed by atoms with Gasteiger partial charge in [0.2, 0.25) is 5.95 Å². The predicted octanol–water partition coefficient (Wildman–Crippen LogP) is -0.102. The predicted molar refractivity (Wildman–Crippen MR) is 144 cm³/mol. The normalized spacial score (nSPS) is 29.9. The van der Waals surface area contributed by atoms with Crippen molar-refractivity contribution >= 4 is 52.9 Å². The van der Waals surface area contributed by atoms with E-state index >= 15 is 4.39 Å². The quantitative estimate of drug-likeness (QED) is 0.112. The van der Waals surface area contributed by atoms with Crippen LogP contribution in [0.5, 0.6) is 0 Å². The van der Waals surface area contributed by atoms with E-state index in [1.54, 1.807) is 4.57 Å². The van der Waals surface area contributed by atoms with Gasteiger partial charge in [-0.1, -0.05) is 12.2 Å². The number of rotatable bonds is 8. The number of hydrogen-bond acceptors (Lipinski definition) is 14. The molecule has 17 nitrogen and oxygen atoms in total. The number of hydrogen-bond donors (Lipinski definition) is 6. The number of aromatic nitrogens is 8. The van der Waals surface area contributed by atoms with Gasteiger partial charge in [-0.25, -0.2) is 24.3 Å². The highest BCUT2D eigenvalue weighted by Crippen LogP contribution is 2.64. The van der Waals surface area contributed by atoms with Gasteiger partial charge in [0.05, 0.1) is 38.1 Å². The summed E-state index contributed by atoms with van der Waals surface area (Å²) in [5.74, 6) is -0.00652. The van der Waals surface area contributed by atoms with Crippen molar-refractivity contribution < 1.29 is 33.2 Å². The molecule has 2 saturated heterocycles. The highest BCUT2D eigenvalue weighted by molar-refractivity contribution is 8.46. The average Bonchev–Trinajstić information content (AvgIpc) is 3.68. The van der Waals surface area contributed by atoms with E-state index in [4.69, 9.17) is 25.5 Å². The standard InChI is InChI=1S/C21H26FN10O7PS/c22-12-10(4-33)39-20(32-7-28-14-18(32)29-21(24)30-19(14)35)15(12)40(36,41)37-2-1-9-8(34)3-11(38-9)31-6-27-13-16(23)25-5-26-17(13)31/h5-12,15,20,33-34H,1-4H2,(H,36,41)(H2,23,25,26)(H3,24,29,30,35)/t8-,9+,10+,11+,12+,15+,20+,40+/m0/s1. The van der Waals surface area contributed by atoms with E-state index in [2.05, 4.69) is 42.2 Å². The van der Waals surface area contributed by atoms with Crippen molar-refractivity contribution in [2.45, 2.75) is 55.4 Å². The molecule has 8 atom stereocenters.